The van der Waals surface area contributed by atoms with Crippen molar-refractivity contribution in [2.24, 2.45) is 0 Å². The summed E-state index contributed by atoms with van der Waals surface area (Å²) < 4.78 is 1.46. The summed E-state index contributed by atoms with van der Waals surface area (Å²) in [5.41, 5.74) is 1.48. The SMILES string of the molecule is Cc1csc(=O)n1CC(=O)Nc1ccc(Sc2ccccc2Cl)cc1. The molecule has 3 aromatic rings. The normalized spacial score (nSPS) is 10.6. The maximum Gasteiger partial charge on any atom is 0.307 e. The molecule has 0 aliphatic heterocycles. The van der Waals surface area contributed by atoms with Crippen LogP contribution in [-0.4, -0.2) is 10.5 Å². The first-order valence-electron chi connectivity index (χ1n) is 7.50. The summed E-state index contributed by atoms with van der Waals surface area (Å²) in [4.78, 5) is 25.7. The molecule has 0 aliphatic rings. The molecule has 0 saturated carbocycles. The number of thiazole rings is 1. The highest BCUT2D eigenvalue weighted by Crippen LogP contribution is 2.33. The van der Waals surface area contributed by atoms with Gasteiger partial charge in [0.2, 0.25) is 5.91 Å². The van der Waals surface area contributed by atoms with Gasteiger partial charge in [-0.05, 0) is 43.3 Å². The van der Waals surface area contributed by atoms with Crippen LogP contribution < -0.4 is 10.2 Å². The molecule has 3 rings (SSSR count). The van der Waals surface area contributed by atoms with E-state index in [-0.39, 0.29) is 17.3 Å². The predicted molar refractivity (Wildman–Crippen MR) is 104 cm³/mol. The number of nitrogens with one attached hydrogen (secondary N) is 1. The van der Waals surface area contributed by atoms with Gasteiger partial charge < -0.3 is 5.32 Å². The zero-order valence-corrected chi connectivity index (χ0v) is 15.8. The topological polar surface area (TPSA) is 51.1 Å². The Bertz CT molecular complexity index is 948. The average molecular weight is 391 g/mol. The largest absolute Gasteiger partial charge is 0.325 e. The molecule has 0 bridgehead atoms. The summed E-state index contributed by atoms with van der Waals surface area (Å²) in [5.74, 6) is -0.227. The number of aryl methyl sites for hydroxylation is 1. The van der Waals surface area contributed by atoms with Crippen molar-refractivity contribution in [3.8, 4) is 0 Å². The lowest BCUT2D eigenvalue weighted by Gasteiger charge is -2.08. The number of halogens is 1. The highest BCUT2D eigenvalue weighted by atomic mass is 35.5. The lowest BCUT2D eigenvalue weighted by atomic mass is 10.3. The van der Waals surface area contributed by atoms with Gasteiger partial charge in [-0.3, -0.25) is 14.2 Å². The minimum Gasteiger partial charge on any atom is -0.325 e. The van der Waals surface area contributed by atoms with E-state index >= 15 is 0 Å². The molecule has 0 fully saturated rings. The number of amides is 1. The number of carbonyl (C=O) groups excluding carboxylic acids is 1. The highest BCUT2D eigenvalue weighted by molar-refractivity contribution is 7.99. The molecule has 1 heterocycles. The molecule has 2 aromatic carbocycles. The maximum absolute atomic E-state index is 12.1. The number of nitrogens with zero attached hydrogens (tertiary/aromatic N) is 1. The van der Waals surface area contributed by atoms with E-state index in [1.165, 1.54) is 4.57 Å². The van der Waals surface area contributed by atoms with Gasteiger partial charge in [0.25, 0.3) is 0 Å². The van der Waals surface area contributed by atoms with E-state index in [0.29, 0.717) is 10.7 Å². The van der Waals surface area contributed by atoms with E-state index in [4.69, 9.17) is 11.6 Å². The van der Waals surface area contributed by atoms with Gasteiger partial charge in [-0.2, -0.15) is 0 Å². The third kappa shape index (κ3) is 4.54. The van der Waals surface area contributed by atoms with Crippen LogP contribution in [0.4, 0.5) is 5.69 Å². The van der Waals surface area contributed by atoms with E-state index < -0.39 is 0 Å². The average Bonchev–Trinajstić information content (AvgIpc) is 2.90. The summed E-state index contributed by atoms with van der Waals surface area (Å²) in [7, 11) is 0. The number of hydrogen-bond acceptors (Lipinski definition) is 4. The monoisotopic (exact) mass is 390 g/mol. The summed E-state index contributed by atoms with van der Waals surface area (Å²) in [6.45, 7) is 1.83. The molecule has 0 radical (unpaired) electrons. The number of rotatable bonds is 5. The Hall–Kier alpha value is -2.02. The fourth-order valence-corrected chi connectivity index (χ4v) is 4.03. The lowest BCUT2D eigenvalue weighted by molar-refractivity contribution is -0.116. The molecule has 0 saturated heterocycles. The Morgan fingerprint density at radius 3 is 2.56 bits per heavy atom. The van der Waals surface area contributed by atoms with Crippen LogP contribution in [0.15, 0.2) is 68.5 Å². The molecule has 4 nitrogen and oxygen atoms in total. The second-order valence-corrected chi connectivity index (χ2v) is 7.68. The van der Waals surface area contributed by atoms with E-state index in [1.54, 1.807) is 17.1 Å². The Kier molecular flexibility index (Phi) is 5.63. The maximum atomic E-state index is 12.1. The van der Waals surface area contributed by atoms with E-state index in [9.17, 15) is 9.59 Å². The summed E-state index contributed by atoms with van der Waals surface area (Å²) in [5, 5.41) is 5.26. The first kappa shape index (κ1) is 17.8. The molecule has 0 unspecified atom stereocenters. The van der Waals surface area contributed by atoms with Crippen molar-refractivity contribution in [3.63, 3.8) is 0 Å². The van der Waals surface area contributed by atoms with Gasteiger partial charge >= 0.3 is 4.87 Å². The van der Waals surface area contributed by atoms with Crippen LogP contribution in [0.5, 0.6) is 0 Å². The standard InChI is InChI=1S/C18H15ClN2O2S2/c1-12-11-24-18(23)21(12)10-17(22)20-13-6-8-14(9-7-13)25-16-5-3-2-4-15(16)19/h2-9,11H,10H2,1H3,(H,20,22). The second-order valence-electron chi connectivity index (χ2n) is 5.33. The number of hydrogen-bond donors (Lipinski definition) is 1. The summed E-state index contributed by atoms with van der Waals surface area (Å²) in [6.07, 6.45) is 0. The molecule has 1 N–H and O–H groups in total. The summed E-state index contributed by atoms with van der Waals surface area (Å²) in [6, 6.07) is 15.2. The van der Waals surface area contributed by atoms with Crippen LogP contribution in [0, 0.1) is 6.92 Å². The number of carbonyl (C=O) groups is 1. The molecule has 0 atom stereocenters. The third-order valence-corrected chi connectivity index (χ3v) is 5.89. The minimum absolute atomic E-state index is 0.0181. The zero-order chi connectivity index (χ0) is 17.8. The van der Waals surface area contributed by atoms with Gasteiger partial charge in [0, 0.05) is 26.6 Å². The zero-order valence-electron chi connectivity index (χ0n) is 13.4. The molecule has 1 aromatic heterocycles. The fourth-order valence-electron chi connectivity index (χ4n) is 2.20. The van der Waals surface area contributed by atoms with Crippen molar-refractivity contribution in [2.45, 2.75) is 23.3 Å². The van der Waals surface area contributed by atoms with Gasteiger partial charge in [-0.25, -0.2) is 0 Å². The van der Waals surface area contributed by atoms with E-state index in [2.05, 4.69) is 5.32 Å². The molecule has 128 valence electrons. The second kappa shape index (κ2) is 7.91. The quantitative estimate of drug-likeness (QED) is 0.689. The van der Waals surface area contributed by atoms with Crippen molar-refractivity contribution in [1.29, 1.82) is 0 Å². The molecule has 0 aliphatic carbocycles. The van der Waals surface area contributed by atoms with Crippen LogP contribution in [0.1, 0.15) is 5.69 Å². The molecule has 0 spiro atoms. The third-order valence-electron chi connectivity index (χ3n) is 3.48. The molecule has 25 heavy (non-hydrogen) atoms. The lowest BCUT2D eigenvalue weighted by Crippen LogP contribution is -2.25. The molecule has 1 amide bonds. The van der Waals surface area contributed by atoms with Crippen molar-refractivity contribution in [2.75, 3.05) is 5.32 Å². The first-order chi connectivity index (χ1) is 12.0. The van der Waals surface area contributed by atoms with Crippen LogP contribution >= 0.6 is 34.7 Å². The highest BCUT2D eigenvalue weighted by Gasteiger charge is 2.09. The Morgan fingerprint density at radius 1 is 1.20 bits per heavy atom. The molecular weight excluding hydrogens is 376 g/mol. The van der Waals surface area contributed by atoms with Crippen LogP contribution in [0.25, 0.3) is 0 Å². The van der Waals surface area contributed by atoms with Crippen molar-refractivity contribution in [3.05, 3.63) is 74.3 Å². The van der Waals surface area contributed by atoms with Crippen molar-refractivity contribution in [1.82, 2.24) is 4.57 Å². The molecular formula is C18H15ClN2O2S2. The smallest absolute Gasteiger partial charge is 0.307 e. The number of benzene rings is 2. The predicted octanol–water partition coefficient (Wildman–Crippen LogP) is 4.66. The van der Waals surface area contributed by atoms with Crippen LogP contribution in [0.3, 0.4) is 0 Å². The van der Waals surface area contributed by atoms with Gasteiger partial charge in [0.15, 0.2) is 0 Å². The van der Waals surface area contributed by atoms with Crippen LogP contribution in [0.2, 0.25) is 5.02 Å². The van der Waals surface area contributed by atoms with Gasteiger partial charge in [-0.1, -0.05) is 46.8 Å². The molecule has 7 heteroatoms. The van der Waals surface area contributed by atoms with E-state index in [1.807, 2.05) is 55.5 Å². The Balaban J connectivity index is 1.63. The Labute approximate surface area is 158 Å². The minimum atomic E-state index is -0.227. The van der Waals surface area contributed by atoms with Crippen LogP contribution in [-0.2, 0) is 11.3 Å². The first-order valence-corrected chi connectivity index (χ1v) is 9.57. The van der Waals surface area contributed by atoms with Gasteiger partial charge in [0.05, 0.1) is 5.02 Å². The number of aromatic nitrogens is 1. The van der Waals surface area contributed by atoms with E-state index in [0.717, 1.165) is 26.8 Å². The van der Waals surface area contributed by atoms with Gasteiger partial charge in [-0.15, -0.1) is 0 Å². The number of anilines is 1. The van der Waals surface area contributed by atoms with Crippen molar-refractivity contribution < 1.29 is 4.79 Å². The fraction of sp³-hybridized carbons (Fsp3) is 0.111. The summed E-state index contributed by atoms with van der Waals surface area (Å²) >= 11 is 8.82. The van der Waals surface area contributed by atoms with Crippen molar-refractivity contribution >= 4 is 46.3 Å². The Morgan fingerprint density at radius 2 is 1.92 bits per heavy atom. The van der Waals surface area contributed by atoms with Gasteiger partial charge in [0.1, 0.15) is 6.54 Å².